The Bertz CT molecular complexity index is 422. The van der Waals surface area contributed by atoms with E-state index in [2.05, 4.69) is 39.7 Å². The smallest absolute Gasteiger partial charge is 0.238 e. The maximum Gasteiger partial charge on any atom is 0.238 e. The van der Waals surface area contributed by atoms with E-state index in [1.165, 1.54) is 12.8 Å². The predicted octanol–water partition coefficient (Wildman–Crippen LogP) is 2.96. The Balaban J connectivity index is 1.87. The van der Waals surface area contributed by atoms with Crippen LogP contribution in [0.25, 0.3) is 0 Å². The number of carbonyl (C=O) groups is 1. The fraction of sp³-hybridized carbons (Fsp3) is 0.500. The zero-order valence-corrected chi connectivity index (χ0v) is 12.8. The standard InChI is InChI=1S/C14H19IN2O/c1-11-5-4-8-17(9-11)10-14(18)16-13-7-3-2-6-12(13)15/h2-3,6-7,11H,4-5,8-10H2,1H3,(H,16,18). The lowest BCUT2D eigenvalue weighted by atomic mass is 10.0. The van der Waals surface area contributed by atoms with Gasteiger partial charge in [0.15, 0.2) is 0 Å². The molecule has 0 aliphatic carbocycles. The lowest BCUT2D eigenvalue weighted by molar-refractivity contribution is -0.117. The molecule has 2 rings (SSSR count). The van der Waals surface area contributed by atoms with Gasteiger partial charge in [0, 0.05) is 10.1 Å². The molecule has 1 saturated heterocycles. The summed E-state index contributed by atoms with van der Waals surface area (Å²) in [5, 5.41) is 2.98. The van der Waals surface area contributed by atoms with Crippen molar-refractivity contribution in [1.82, 2.24) is 4.90 Å². The molecule has 0 saturated carbocycles. The Kier molecular flexibility index (Phi) is 5.00. The molecule has 1 fully saturated rings. The van der Waals surface area contributed by atoms with E-state index in [0.717, 1.165) is 22.3 Å². The number of benzene rings is 1. The number of anilines is 1. The van der Waals surface area contributed by atoms with Gasteiger partial charge in [0.05, 0.1) is 12.2 Å². The third-order valence-corrected chi connectivity index (χ3v) is 4.20. The zero-order chi connectivity index (χ0) is 13.0. The van der Waals surface area contributed by atoms with Crippen molar-refractivity contribution in [3.63, 3.8) is 0 Å². The number of rotatable bonds is 3. The van der Waals surface area contributed by atoms with Crippen molar-refractivity contribution in [2.45, 2.75) is 19.8 Å². The van der Waals surface area contributed by atoms with Gasteiger partial charge in [-0.05, 0) is 60.0 Å². The van der Waals surface area contributed by atoms with Gasteiger partial charge in [-0.2, -0.15) is 0 Å². The second-order valence-electron chi connectivity index (χ2n) is 5.01. The molecular formula is C14H19IN2O. The monoisotopic (exact) mass is 358 g/mol. The second-order valence-corrected chi connectivity index (χ2v) is 6.17. The molecule has 1 N–H and O–H groups in total. The van der Waals surface area contributed by atoms with Gasteiger partial charge in [0.2, 0.25) is 5.91 Å². The van der Waals surface area contributed by atoms with E-state index in [1.807, 2.05) is 24.3 Å². The highest BCUT2D eigenvalue weighted by atomic mass is 127. The molecule has 1 atom stereocenters. The van der Waals surface area contributed by atoms with Crippen LogP contribution in [0.4, 0.5) is 5.69 Å². The Morgan fingerprint density at radius 2 is 2.28 bits per heavy atom. The summed E-state index contributed by atoms with van der Waals surface area (Å²) in [6.07, 6.45) is 2.49. The zero-order valence-electron chi connectivity index (χ0n) is 10.7. The second kappa shape index (κ2) is 6.52. The van der Waals surface area contributed by atoms with Crippen LogP contribution in [0.15, 0.2) is 24.3 Å². The number of hydrogen-bond donors (Lipinski definition) is 1. The van der Waals surface area contributed by atoms with Crippen LogP contribution in [0.5, 0.6) is 0 Å². The summed E-state index contributed by atoms with van der Waals surface area (Å²) in [7, 11) is 0. The van der Waals surface area contributed by atoms with Gasteiger partial charge in [-0.25, -0.2) is 0 Å². The summed E-state index contributed by atoms with van der Waals surface area (Å²) in [6, 6.07) is 7.86. The minimum Gasteiger partial charge on any atom is -0.324 e. The number of carbonyl (C=O) groups excluding carboxylic acids is 1. The Morgan fingerprint density at radius 1 is 1.50 bits per heavy atom. The third kappa shape index (κ3) is 3.95. The maximum atomic E-state index is 12.0. The molecule has 98 valence electrons. The molecule has 1 amide bonds. The van der Waals surface area contributed by atoms with Gasteiger partial charge in [-0.15, -0.1) is 0 Å². The molecule has 1 aliphatic heterocycles. The van der Waals surface area contributed by atoms with Crippen molar-refractivity contribution in [2.24, 2.45) is 5.92 Å². The number of likely N-dealkylation sites (tertiary alicyclic amines) is 1. The summed E-state index contributed by atoms with van der Waals surface area (Å²) in [5.74, 6) is 0.802. The van der Waals surface area contributed by atoms with E-state index in [4.69, 9.17) is 0 Å². The average Bonchev–Trinajstić information content (AvgIpc) is 2.32. The molecule has 0 radical (unpaired) electrons. The Hall–Kier alpha value is -0.620. The number of nitrogens with zero attached hydrogens (tertiary/aromatic N) is 1. The summed E-state index contributed by atoms with van der Waals surface area (Å²) in [6.45, 7) is 4.85. The van der Waals surface area contributed by atoms with Gasteiger partial charge >= 0.3 is 0 Å². The number of nitrogens with one attached hydrogen (secondary N) is 1. The number of amides is 1. The molecule has 1 aromatic carbocycles. The summed E-state index contributed by atoms with van der Waals surface area (Å²) >= 11 is 2.24. The first-order chi connectivity index (χ1) is 8.65. The first kappa shape index (κ1) is 13.8. The summed E-state index contributed by atoms with van der Waals surface area (Å²) < 4.78 is 1.08. The topological polar surface area (TPSA) is 32.3 Å². The third-order valence-electron chi connectivity index (χ3n) is 3.26. The van der Waals surface area contributed by atoms with E-state index >= 15 is 0 Å². The van der Waals surface area contributed by atoms with Crippen LogP contribution >= 0.6 is 22.6 Å². The minimum absolute atomic E-state index is 0.0909. The van der Waals surface area contributed by atoms with Gasteiger partial charge in [-0.1, -0.05) is 19.1 Å². The van der Waals surface area contributed by atoms with Crippen LogP contribution in [-0.4, -0.2) is 30.4 Å². The van der Waals surface area contributed by atoms with Crippen LogP contribution < -0.4 is 5.32 Å². The predicted molar refractivity (Wildman–Crippen MR) is 82.6 cm³/mol. The van der Waals surface area contributed by atoms with Crippen molar-refractivity contribution < 1.29 is 4.79 Å². The van der Waals surface area contributed by atoms with E-state index in [0.29, 0.717) is 12.5 Å². The van der Waals surface area contributed by atoms with Crippen molar-refractivity contribution in [1.29, 1.82) is 0 Å². The Morgan fingerprint density at radius 3 is 3.00 bits per heavy atom. The highest BCUT2D eigenvalue weighted by Crippen LogP contribution is 2.18. The first-order valence-corrected chi connectivity index (χ1v) is 7.50. The molecule has 1 aliphatic rings. The first-order valence-electron chi connectivity index (χ1n) is 6.42. The number of para-hydroxylation sites is 1. The van der Waals surface area contributed by atoms with Gasteiger partial charge in [0.25, 0.3) is 0 Å². The molecule has 3 nitrogen and oxygen atoms in total. The fourth-order valence-electron chi connectivity index (χ4n) is 2.39. The summed E-state index contributed by atoms with van der Waals surface area (Å²) in [4.78, 5) is 14.2. The lowest BCUT2D eigenvalue weighted by Crippen LogP contribution is -2.39. The SMILES string of the molecule is CC1CCCN(CC(=O)Nc2ccccc2I)C1. The molecule has 18 heavy (non-hydrogen) atoms. The molecule has 4 heteroatoms. The number of piperidine rings is 1. The van der Waals surface area contributed by atoms with Crippen molar-refractivity contribution >= 4 is 34.2 Å². The summed E-state index contributed by atoms with van der Waals surface area (Å²) in [5.41, 5.74) is 0.910. The molecule has 1 heterocycles. The van der Waals surface area contributed by atoms with Crippen LogP contribution in [0.3, 0.4) is 0 Å². The van der Waals surface area contributed by atoms with Crippen LogP contribution in [0.1, 0.15) is 19.8 Å². The highest BCUT2D eigenvalue weighted by molar-refractivity contribution is 14.1. The minimum atomic E-state index is 0.0909. The maximum absolute atomic E-state index is 12.0. The normalized spacial score (nSPS) is 20.7. The lowest BCUT2D eigenvalue weighted by Gasteiger charge is -2.30. The fourth-order valence-corrected chi connectivity index (χ4v) is 2.91. The Labute approximate surface area is 122 Å². The number of hydrogen-bond acceptors (Lipinski definition) is 2. The highest BCUT2D eigenvalue weighted by Gasteiger charge is 2.18. The van der Waals surface area contributed by atoms with E-state index in [9.17, 15) is 4.79 Å². The molecular weight excluding hydrogens is 339 g/mol. The molecule has 0 spiro atoms. The largest absolute Gasteiger partial charge is 0.324 e. The average molecular weight is 358 g/mol. The van der Waals surface area contributed by atoms with Crippen molar-refractivity contribution in [3.8, 4) is 0 Å². The van der Waals surface area contributed by atoms with Crippen LogP contribution in [0, 0.1) is 9.49 Å². The quantitative estimate of drug-likeness (QED) is 0.843. The van der Waals surface area contributed by atoms with Gasteiger partial charge in [0.1, 0.15) is 0 Å². The molecule has 1 unspecified atom stereocenters. The number of halogens is 1. The van der Waals surface area contributed by atoms with E-state index in [-0.39, 0.29) is 5.91 Å². The van der Waals surface area contributed by atoms with Gasteiger partial charge in [-0.3, -0.25) is 9.69 Å². The van der Waals surface area contributed by atoms with Crippen molar-refractivity contribution in [2.75, 3.05) is 25.0 Å². The molecule has 0 aromatic heterocycles. The molecule has 0 bridgehead atoms. The van der Waals surface area contributed by atoms with E-state index in [1.54, 1.807) is 0 Å². The van der Waals surface area contributed by atoms with Crippen LogP contribution in [0.2, 0.25) is 0 Å². The van der Waals surface area contributed by atoms with E-state index < -0.39 is 0 Å². The molecule has 1 aromatic rings. The van der Waals surface area contributed by atoms with Gasteiger partial charge < -0.3 is 5.32 Å². The van der Waals surface area contributed by atoms with Crippen LogP contribution in [-0.2, 0) is 4.79 Å². The van der Waals surface area contributed by atoms with Crippen molar-refractivity contribution in [3.05, 3.63) is 27.8 Å².